The Bertz CT molecular complexity index is 993. The van der Waals surface area contributed by atoms with Crippen molar-refractivity contribution in [1.82, 2.24) is 24.8 Å². The monoisotopic (exact) mass is 353 g/mol. The number of hydrogen-bond acceptors (Lipinski definition) is 3. The van der Waals surface area contributed by atoms with Crippen molar-refractivity contribution in [3.8, 4) is 0 Å². The van der Waals surface area contributed by atoms with Crippen molar-refractivity contribution in [2.45, 2.75) is 6.42 Å². The van der Waals surface area contributed by atoms with E-state index in [0.29, 0.717) is 37.3 Å². The smallest absolute Gasteiger partial charge is 0.323 e. The minimum Gasteiger partial charge on any atom is -0.367 e. The van der Waals surface area contributed by atoms with Crippen LogP contribution in [0.15, 0.2) is 41.5 Å². The first-order valence-corrected chi connectivity index (χ1v) is 8.51. The number of rotatable bonds is 3. The molecule has 3 aromatic rings. The van der Waals surface area contributed by atoms with Crippen LogP contribution < -0.4 is 5.69 Å². The van der Waals surface area contributed by atoms with Crippen LogP contribution in [0.25, 0.3) is 11.0 Å². The number of aromatic nitrogens is 3. The maximum absolute atomic E-state index is 12.6. The molecule has 3 heterocycles. The molecule has 1 aliphatic heterocycles. The van der Waals surface area contributed by atoms with Gasteiger partial charge in [0.15, 0.2) is 0 Å². The van der Waals surface area contributed by atoms with Gasteiger partial charge in [-0.15, -0.1) is 0 Å². The Morgan fingerprint density at radius 3 is 2.42 bits per heavy atom. The Labute approximate surface area is 148 Å². The molecule has 3 N–H and O–H groups in total. The molecule has 0 radical (unpaired) electrons. The van der Waals surface area contributed by atoms with Crippen molar-refractivity contribution in [1.29, 1.82) is 0 Å². The molecule has 0 spiro atoms. The van der Waals surface area contributed by atoms with E-state index in [0.717, 1.165) is 11.1 Å². The summed E-state index contributed by atoms with van der Waals surface area (Å²) in [5, 5.41) is 0. The molecule has 2 amide bonds. The molecule has 8 nitrogen and oxygen atoms in total. The number of nitrogens with zero attached hydrogens (tertiary/aromatic N) is 2. The largest absolute Gasteiger partial charge is 0.367 e. The number of fused-ring (bicyclic) bond motifs is 1. The summed E-state index contributed by atoms with van der Waals surface area (Å²) in [5.74, 6) is 0.0104. The molecule has 134 valence electrons. The zero-order valence-electron chi connectivity index (χ0n) is 14.1. The second kappa shape index (κ2) is 6.55. The standard InChI is InChI=1S/C18H19N5O3/c24-16(10-12-1-2-14-15(9-12)21-18(26)20-14)22-5-7-23(8-6-22)17(25)13-3-4-19-11-13/h1-4,9,11,19H,5-8,10H2,(H2,20,21,26). The number of hydrogen-bond donors (Lipinski definition) is 3. The molecule has 2 aromatic heterocycles. The van der Waals surface area contributed by atoms with Gasteiger partial charge in [0.1, 0.15) is 0 Å². The molecule has 4 rings (SSSR count). The fourth-order valence-electron chi connectivity index (χ4n) is 3.27. The summed E-state index contributed by atoms with van der Waals surface area (Å²) in [7, 11) is 0. The lowest BCUT2D eigenvalue weighted by Crippen LogP contribution is -2.50. The maximum Gasteiger partial charge on any atom is 0.323 e. The normalized spacial score (nSPS) is 14.8. The van der Waals surface area contributed by atoms with Crippen molar-refractivity contribution >= 4 is 22.8 Å². The minimum atomic E-state index is -0.258. The van der Waals surface area contributed by atoms with Gasteiger partial charge in [-0.1, -0.05) is 6.07 Å². The van der Waals surface area contributed by atoms with Gasteiger partial charge in [-0.2, -0.15) is 0 Å². The van der Waals surface area contributed by atoms with E-state index in [1.54, 1.807) is 34.3 Å². The Balaban J connectivity index is 1.37. The maximum atomic E-state index is 12.6. The van der Waals surface area contributed by atoms with E-state index >= 15 is 0 Å². The third-order valence-corrected chi connectivity index (χ3v) is 4.70. The Morgan fingerprint density at radius 2 is 1.69 bits per heavy atom. The third-order valence-electron chi connectivity index (χ3n) is 4.70. The van der Waals surface area contributed by atoms with E-state index < -0.39 is 0 Å². The zero-order valence-corrected chi connectivity index (χ0v) is 14.1. The summed E-state index contributed by atoms with van der Waals surface area (Å²) in [6, 6.07) is 7.21. The lowest BCUT2D eigenvalue weighted by Gasteiger charge is -2.34. The highest BCUT2D eigenvalue weighted by Gasteiger charge is 2.25. The summed E-state index contributed by atoms with van der Waals surface area (Å²) >= 11 is 0. The molecule has 8 heteroatoms. The van der Waals surface area contributed by atoms with Crippen LogP contribution in [0.4, 0.5) is 0 Å². The summed E-state index contributed by atoms with van der Waals surface area (Å²) in [5.41, 5.74) is 2.65. The number of H-pyrrole nitrogens is 3. The van der Waals surface area contributed by atoms with Crippen LogP contribution in [0.5, 0.6) is 0 Å². The van der Waals surface area contributed by atoms with E-state index in [1.807, 2.05) is 12.1 Å². The van der Waals surface area contributed by atoms with Gasteiger partial charge in [-0.05, 0) is 23.8 Å². The van der Waals surface area contributed by atoms with E-state index in [2.05, 4.69) is 15.0 Å². The number of nitrogens with one attached hydrogen (secondary N) is 3. The zero-order chi connectivity index (χ0) is 18.1. The average Bonchev–Trinajstić information content (AvgIpc) is 3.29. The lowest BCUT2D eigenvalue weighted by atomic mass is 10.1. The van der Waals surface area contributed by atoms with Crippen molar-refractivity contribution in [3.63, 3.8) is 0 Å². The molecule has 1 aromatic carbocycles. The first-order chi connectivity index (χ1) is 12.6. The van der Waals surface area contributed by atoms with Gasteiger partial charge in [-0.3, -0.25) is 9.59 Å². The van der Waals surface area contributed by atoms with Crippen molar-refractivity contribution in [2.24, 2.45) is 0 Å². The van der Waals surface area contributed by atoms with Crippen LogP contribution in [0.3, 0.4) is 0 Å². The SMILES string of the molecule is O=C(Cc1ccc2[nH]c(=O)[nH]c2c1)N1CCN(C(=O)c2cc[nH]c2)CC1. The Hall–Kier alpha value is -3.29. The lowest BCUT2D eigenvalue weighted by molar-refractivity contribution is -0.131. The van der Waals surface area contributed by atoms with Crippen LogP contribution in [0.2, 0.25) is 0 Å². The molecular weight excluding hydrogens is 334 g/mol. The highest BCUT2D eigenvalue weighted by atomic mass is 16.2. The molecule has 0 atom stereocenters. The van der Waals surface area contributed by atoms with Crippen LogP contribution in [0, 0.1) is 0 Å². The molecule has 0 saturated carbocycles. The minimum absolute atomic E-state index is 0.0137. The van der Waals surface area contributed by atoms with Gasteiger partial charge in [0.05, 0.1) is 23.0 Å². The molecule has 1 saturated heterocycles. The molecule has 1 fully saturated rings. The van der Waals surface area contributed by atoms with Gasteiger partial charge >= 0.3 is 5.69 Å². The molecular formula is C18H19N5O3. The van der Waals surface area contributed by atoms with Crippen LogP contribution in [-0.4, -0.2) is 62.7 Å². The fraction of sp³-hybridized carbons (Fsp3) is 0.278. The van der Waals surface area contributed by atoms with Crippen LogP contribution >= 0.6 is 0 Å². The van der Waals surface area contributed by atoms with Crippen molar-refractivity contribution in [3.05, 3.63) is 58.3 Å². The van der Waals surface area contributed by atoms with Crippen molar-refractivity contribution < 1.29 is 9.59 Å². The predicted molar refractivity (Wildman–Crippen MR) is 95.9 cm³/mol. The molecule has 0 unspecified atom stereocenters. The summed E-state index contributed by atoms with van der Waals surface area (Å²) in [6.45, 7) is 2.11. The molecule has 0 bridgehead atoms. The molecule has 0 aliphatic carbocycles. The average molecular weight is 353 g/mol. The summed E-state index contributed by atoms with van der Waals surface area (Å²) in [6.07, 6.45) is 3.68. The second-order valence-corrected chi connectivity index (χ2v) is 6.41. The van der Waals surface area contributed by atoms with Gasteiger partial charge in [0.25, 0.3) is 5.91 Å². The predicted octanol–water partition coefficient (Wildman–Crippen LogP) is 0.711. The fourth-order valence-corrected chi connectivity index (χ4v) is 3.27. The number of benzene rings is 1. The number of piperazine rings is 1. The van der Waals surface area contributed by atoms with Gasteiger partial charge in [0.2, 0.25) is 5.91 Å². The van der Waals surface area contributed by atoms with Gasteiger partial charge in [-0.25, -0.2) is 4.79 Å². The van der Waals surface area contributed by atoms with Gasteiger partial charge in [0, 0.05) is 38.6 Å². The number of aromatic amines is 3. The number of imidazole rings is 1. The first kappa shape index (κ1) is 16.2. The van der Waals surface area contributed by atoms with Gasteiger partial charge < -0.3 is 24.8 Å². The molecule has 1 aliphatic rings. The van der Waals surface area contributed by atoms with Crippen LogP contribution in [-0.2, 0) is 11.2 Å². The Morgan fingerprint density at radius 1 is 0.962 bits per heavy atom. The molecule has 26 heavy (non-hydrogen) atoms. The summed E-state index contributed by atoms with van der Waals surface area (Å²) < 4.78 is 0. The second-order valence-electron chi connectivity index (χ2n) is 6.41. The van der Waals surface area contributed by atoms with E-state index in [4.69, 9.17) is 0 Å². The first-order valence-electron chi connectivity index (χ1n) is 8.51. The number of carbonyl (C=O) groups is 2. The van der Waals surface area contributed by atoms with Crippen molar-refractivity contribution in [2.75, 3.05) is 26.2 Å². The van der Waals surface area contributed by atoms with E-state index in [9.17, 15) is 14.4 Å². The third kappa shape index (κ3) is 3.13. The highest BCUT2D eigenvalue weighted by molar-refractivity contribution is 5.94. The van der Waals surface area contributed by atoms with E-state index in [-0.39, 0.29) is 23.9 Å². The van der Waals surface area contributed by atoms with Crippen LogP contribution in [0.1, 0.15) is 15.9 Å². The van der Waals surface area contributed by atoms with E-state index in [1.165, 1.54) is 0 Å². The number of amides is 2. The Kier molecular flexibility index (Phi) is 4.08. The summed E-state index contributed by atoms with van der Waals surface area (Å²) in [4.78, 5) is 48.0. The number of carbonyl (C=O) groups excluding carboxylic acids is 2. The quantitative estimate of drug-likeness (QED) is 0.646. The topological polar surface area (TPSA) is 105 Å². The highest BCUT2D eigenvalue weighted by Crippen LogP contribution is 2.13.